The van der Waals surface area contributed by atoms with Crippen molar-refractivity contribution in [1.29, 1.82) is 0 Å². The van der Waals surface area contributed by atoms with Gasteiger partial charge in [0.2, 0.25) is 17.7 Å². The summed E-state index contributed by atoms with van der Waals surface area (Å²) >= 11 is 0. The van der Waals surface area contributed by atoms with E-state index in [-0.39, 0.29) is 48.6 Å². The second-order valence-corrected chi connectivity index (χ2v) is 11.5. The summed E-state index contributed by atoms with van der Waals surface area (Å²) in [6, 6.07) is 9.22. The van der Waals surface area contributed by atoms with Gasteiger partial charge in [-0.1, -0.05) is 18.2 Å². The molecule has 1 saturated carbocycles. The lowest BCUT2D eigenvalue weighted by Crippen LogP contribution is -2.54. The van der Waals surface area contributed by atoms with Crippen molar-refractivity contribution in [3.63, 3.8) is 0 Å². The quantitative estimate of drug-likeness (QED) is 0.342. The normalized spacial score (nSPS) is 19.1. The number of ether oxygens (including phenoxy) is 2. The number of nitrogens with one attached hydrogen (secondary N) is 2. The highest BCUT2D eigenvalue weighted by molar-refractivity contribution is 5.96. The molecule has 2 atom stereocenters. The molecule has 15 nitrogen and oxygen atoms in total. The van der Waals surface area contributed by atoms with Crippen molar-refractivity contribution in [3.05, 3.63) is 42.1 Å². The van der Waals surface area contributed by atoms with E-state index in [4.69, 9.17) is 14.3 Å². The van der Waals surface area contributed by atoms with Gasteiger partial charge >= 0.3 is 6.16 Å². The van der Waals surface area contributed by atoms with Crippen LogP contribution in [0.1, 0.15) is 56.4 Å². The summed E-state index contributed by atoms with van der Waals surface area (Å²) in [4.78, 5) is 72.1. The number of nitrogens with zero attached hydrogens (tertiary/aromatic N) is 5. The zero-order chi connectivity index (χ0) is 32.6. The Morgan fingerprint density at radius 1 is 0.978 bits per heavy atom. The minimum atomic E-state index is -0.865. The van der Waals surface area contributed by atoms with Gasteiger partial charge in [-0.05, 0) is 58.1 Å². The number of piperazine rings is 1. The summed E-state index contributed by atoms with van der Waals surface area (Å²) < 4.78 is 12.1. The molecule has 248 valence electrons. The number of hydrogen-bond donors (Lipinski definition) is 2. The van der Waals surface area contributed by atoms with E-state index in [1.54, 1.807) is 47.9 Å². The van der Waals surface area contributed by atoms with Gasteiger partial charge in [-0.25, -0.2) is 9.48 Å². The number of rotatable bonds is 11. The van der Waals surface area contributed by atoms with Gasteiger partial charge in [0.05, 0.1) is 25.4 Å². The average Bonchev–Trinajstić information content (AvgIpc) is 3.70. The van der Waals surface area contributed by atoms with Crippen LogP contribution >= 0.6 is 0 Å². The largest absolute Gasteiger partial charge is 0.527 e. The molecule has 46 heavy (non-hydrogen) atoms. The van der Waals surface area contributed by atoms with Crippen LogP contribution in [0.5, 0.6) is 5.88 Å². The molecule has 3 fully saturated rings. The Morgan fingerprint density at radius 3 is 2.39 bits per heavy atom. The lowest BCUT2D eigenvalue weighted by atomic mass is 9.93. The smallest absolute Gasteiger partial charge is 0.467 e. The van der Waals surface area contributed by atoms with E-state index in [1.165, 1.54) is 15.8 Å². The summed E-state index contributed by atoms with van der Waals surface area (Å²) in [5.41, 5.74) is 0.604. The number of carbonyl (C=O) groups is 5. The van der Waals surface area contributed by atoms with Crippen LogP contribution in [0.4, 0.5) is 4.79 Å². The Labute approximate surface area is 267 Å². The van der Waals surface area contributed by atoms with Crippen molar-refractivity contribution < 1.29 is 38.3 Å². The minimum absolute atomic E-state index is 0.00228. The van der Waals surface area contributed by atoms with Crippen LogP contribution in [0.2, 0.25) is 0 Å². The van der Waals surface area contributed by atoms with Gasteiger partial charge in [0, 0.05) is 31.7 Å². The SMILES string of the molecule is CCOC(=O)ON1CCN(C(=O)[C@@H](C)NC(=O)c2cc(OCC(=O)N3CCC[C@H]3C(=O)NC3CCC3)n(-c3ccccc3)n2)CC1. The number of hydroxylamine groups is 2. The van der Waals surface area contributed by atoms with Crippen molar-refractivity contribution in [2.45, 2.75) is 64.1 Å². The average molecular weight is 640 g/mol. The van der Waals surface area contributed by atoms with Crippen LogP contribution in [-0.4, -0.2) is 118 Å². The summed E-state index contributed by atoms with van der Waals surface area (Å²) in [6.07, 6.45) is 3.57. The van der Waals surface area contributed by atoms with E-state index in [2.05, 4.69) is 15.7 Å². The Balaban J connectivity index is 1.19. The van der Waals surface area contributed by atoms with Gasteiger partial charge < -0.3 is 34.7 Å². The van der Waals surface area contributed by atoms with E-state index >= 15 is 0 Å². The molecule has 2 saturated heterocycles. The highest BCUT2D eigenvalue weighted by atomic mass is 16.8. The van der Waals surface area contributed by atoms with E-state index < -0.39 is 24.1 Å². The number of likely N-dealkylation sites (tertiary alicyclic amines) is 1. The third kappa shape index (κ3) is 7.94. The fourth-order valence-corrected chi connectivity index (χ4v) is 5.59. The molecule has 3 heterocycles. The standard InChI is InChI=1S/C31H41N7O8/c1-3-44-31(43)46-36-17-15-35(16-18-36)30(42)21(2)32-28(40)24-19-27(38(34-24)23-11-5-4-6-12-23)45-20-26(39)37-14-8-13-25(37)29(41)33-22-9-7-10-22/h4-6,11-12,19,21-22,25H,3,7-10,13-18,20H2,1-2H3,(H,32,40)(H,33,41)/t21-,25+/m1/s1. The number of para-hydroxylation sites is 1. The molecule has 0 spiro atoms. The molecule has 0 radical (unpaired) electrons. The highest BCUT2D eigenvalue weighted by Gasteiger charge is 2.36. The second-order valence-electron chi connectivity index (χ2n) is 11.5. The number of hydrogen-bond acceptors (Lipinski definition) is 10. The summed E-state index contributed by atoms with van der Waals surface area (Å²) in [7, 11) is 0. The van der Waals surface area contributed by atoms with Crippen molar-refractivity contribution in [2.24, 2.45) is 0 Å². The van der Waals surface area contributed by atoms with Crippen molar-refractivity contribution in [1.82, 2.24) is 35.3 Å². The van der Waals surface area contributed by atoms with Gasteiger partial charge in [-0.2, -0.15) is 5.10 Å². The van der Waals surface area contributed by atoms with Crippen molar-refractivity contribution in [2.75, 3.05) is 45.9 Å². The molecule has 5 rings (SSSR count). The van der Waals surface area contributed by atoms with E-state index in [0.29, 0.717) is 44.8 Å². The molecule has 3 aliphatic rings. The second kappa shape index (κ2) is 15.1. The maximum Gasteiger partial charge on any atom is 0.527 e. The summed E-state index contributed by atoms with van der Waals surface area (Å²) in [5.74, 6) is -1.18. The minimum Gasteiger partial charge on any atom is -0.467 e. The van der Waals surface area contributed by atoms with E-state index in [1.807, 2.05) is 6.07 Å². The van der Waals surface area contributed by atoms with Gasteiger partial charge in [-0.15, -0.1) is 5.06 Å². The maximum absolute atomic E-state index is 13.2. The fourth-order valence-electron chi connectivity index (χ4n) is 5.59. The van der Waals surface area contributed by atoms with E-state index in [0.717, 1.165) is 25.7 Å². The summed E-state index contributed by atoms with van der Waals surface area (Å²) in [5, 5.41) is 11.6. The van der Waals surface area contributed by atoms with Gasteiger partial charge in [-0.3, -0.25) is 19.2 Å². The fraction of sp³-hybridized carbons (Fsp3) is 0.548. The first-order chi connectivity index (χ1) is 22.2. The van der Waals surface area contributed by atoms with Gasteiger partial charge in [0.15, 0.2) is 12.3 Å². The molecule has 2 aliphatic heterocycles. The predicted molar refractivity (Wildman–Crippen MR) is 163 cm³/mol. The highest BCUT2D eigenvalue weighted by Crippen LogP contribution is 2.23. The molecule has 1 aliphatic carbocycles. The maximum atomic E-state index is 13.2. The molecule has 1 aromatic heterocycles. The lowest BCUT2D eigenvalue weighted by molar-refractivity contribution is -0.157. The number of aromatic nitrogens is 2. The summed E-state index contributed by atoms with van der Waals surface area (Å²) in [6.45, 7) is 4.79. The van der Waals surface area contributed by atoms with E-state index in [9.17, 15) is 24.0 Å². The molecule has 15 heteroatoms. The Kier molecular flexibility index (Phi) is 10.7. The zero-order valence-corrected chi connectivity index (χ0v) is 26.2. The molecule has 0 unspecified atom stereocenters. The lowest BCUT2D eigenvalue weighted by Gasteiger charge is -2.34. The first-order valence-electron chi connectivity index (χ1n) is 15.8. The molecule has 1 aromatic carbocycles. The number of carbonyl (C=O) groups excluding carboxylic acids is 5. The number of benzene rings is 1. The van der Waals surface area contributed by atoms with Gasteiger partial charge in [0.25, 0.3) is 11.8 Å². The Bertz CT molecular complexity index is 1400. The monoisotopic (exact) mass is 639 g/mol. The molecular weight excluding hydrogens is 598 g/mol. The van der Waals surface area contributed by atoms with Crippen LogP contribution in [0.3, 0.4) is 0 Å². The first-order valence-corrected chi connectivity index (χ1v) is 15.8. The van der Waals surface area contributed by atoms with Gasteiger partial charge in [0.1, 0.15) is 12.1 Å². The first kappa shape index (κ1) is 32.7. The third-order valence-corrected chi connectivity index (χ3v) is 8.32. The van der Waals surface area contributed by atoms with Crippen LogP contribution in [0.15, 0.2) is 36.4 Å². The Morgan fingerprint density at radius 2 is 1.72 bits per heavy atom. The molecule has 4 amide bonds. The van der Waals surface area contributed by atoms with Crippen LogP contribution in [0.25, 0.3) is 5.69 Å². The van der Waals surface area contributed by atoms with Crippen LogP contribution < -0.4 is 15.4 Å². The van der Waals surface area contributed by atoms with Crippen LogP contribution in [0, 0.1) is 0 Å². The molecular formula is C31H41N7O8. The van der Waals surface area contributed by atoms with Crippen molar-refractivity contribution >= 4 is 29.8 Å². The Hall–Kier alpha value is -4.66. The third-order valence-electron chi connectivity index (χ3n) is 8.32. The topological polar surface area (TPSA) is 165 Å². The van der Waals surface area contributed by atoms with Crippen LogP contribution in [-0.2, 0) is 24.0 Å². The van der Waals surface area contributed by atoms with Crippen molar-refractivity contribution in [3.8, 4) is 11.6 Å². The molecule has 0 bridgehead atoms. The number of amides is 4. The zero-order valence-electron chi connectivity index (χ0n) is 26.2. The molecule has 2 N–H and O–H groups in total. The predicted octanol–water partition coefficient (Wildman–Crippen LogP) is 1.26. The molecule has 2 aromatic rings.